The summed E-state index contributed by atoms with van der Waals surface area (Å²) in [5, 5.41) is 2.88. The summed E-state index contributed by atoms with van der Waals surface area (Å²) in [5.74, 6) is 1.47. The van der Waals surface area contributed by atoms with Crippen LogP contribution in [0.15, 0.2) is 30.3 Å². The van der Waals surface area contributed by atoms with Crippen LogP contribution in [-0.4, -0.2) is 12.6 Å². The molecule has 19 heavy (non-hydrogen) atoms. The quantitative estimate of drug-likeness (QED) is 0.896. The van der Waals surface area contributed by atoms with E-state index in [0.717, 1.165) is 18.0 Å². The summed E-state index contributed by atoms with van der Waals surface area (Å²) in [6.45, 7) is 3.40. The molecule has 0 bridgehead atoms. The van der Waals surface area contributed by atoms with Gasteiger partial charge in [0.15, 0.2) is 0 Å². The highest BCUT2D eigenvalue weighted by Crippen LogP contribution is 2.27. The van der Waals surface area contributed by atoms with E-state index in [2.05, 4.69) is 12.2 Å². The maximum Gasteiger partial charge on any atom is 0.407 e. The Morgan fingerprint density at radius 1 is 1.21 bits per heavy atom. The van der Waals surface area contributed by atoms with Crippen LogP contribution in [0.5, 0.6) is 0 Å². The van der Waals surface area contributed by atoms with Gasteiger partial charge in [-0.3, -0.25) is 0 Å². The van der Waals surface area contributed by atoms with E-state index in [0.29, 0.717) is 12.5 Å². The van der Waals surface area contributed by atoms with Crippen molar-refractivity contribution in [2.24, 2.45) is 11.8 Å². The average Bonchev–Trinajstić information content (AvgIpc) is 2.45. The van der Waals surface area contributed by atoms with Crippen molar-refractivity contribution in [2.75, 3.05) is 6.54 Å². The average molecular weight is 261 g/mol. The van der Waals surface area contributed by atoms with E-state index >= 15 is 0 Å². The summed E-state index contributed by atoms with van der Waals surface area (Å²) >= 11 is 0. The smallest absolute Gasteiger partial charge is 0.407 e. The minimum absolute atomic E-state index is 0.303. The van der Waals surface area contributed by atoms with Gasteiger partial charge in [0.1, 0.15) is 6.61 Å². The van der Waals surface area contributed by atoms with Crippen molar-refractivity contribution in [3.63, 3.8) is 0 Å². The Labute approximate surface area is 115 Å². The standard InChI is InChI=1S/C16H23NO2/c1-13-7-9-14(10-8-13)11-17-16(18)19-12-15-5-3-2-4-6-15/h2-6,13-14H,7-12H2,1H3,(H,17,18)/t13-,14-. The number of ether oxygens (including phenoxy) is 1. The number of hydrogen-bond acceptors (Lipinski definition) is 2. The second-order valence-corrected chi connectivity index (χ2v) is 5.57. The molecule has 0 aromatic heterocycles. The Morgan fingerprint density at radius 2 is 1.89 bits per heavy atom. The molecule has 1 amide bonds. The lowest BCUT2D eigenvalue weighted by atomic mass is 9.83. The summed E-state index contributed by atoms with van der Waals surface area (Å²) in [6, 6.07) is 9.75. The van der Waals surface area contributed by atoms with Gasteiger partial charge in [-0.05, 0) is 30.2 Å². The number of alkyl carbamates (subject to hydrolysis) is 1. The SMILES string of the molecule is C[C@H]1CC[C@H](CNC(=O)OCc2ccccc2)CC1. The number of nitrogens with one attached hydrogen (secondary N) is 1. The fourth-order valence-electron chi connectivity index (χ4n) is 2.54. The highest BCUT2D eigenvalue weighted by Gasteiger charge is 2.18. The molecule has 2 rings (SSSR count). The topological polar surface area (TPSA) is 38.3 Å². The van der Waals surface area contributed by atoms with Gasteiger partial charge in [-0.2, -0.15) is 0 Å². The molecule has 0 heterocycles. The van der Waals surface area contributed by atoms with Crippen LogP contribution in [0, 0.1) is 11.8 Å². The van der Waals surface area contributed by atoms with Gasteiger partial charge in [0.05, 0.1) is 0 Å². The maximum atomic E-state index is 11.6. The van der Waals surface area contributed by atoms with Gasteiger partial charge in [0.25, 0.3) is 0 Å². The summed E-state index contributed by atoms with van der Waals surface area (Å²) in [4.78, 5) is 11.6. The Bertz CT molecular complexity index is 383. The highest BCUT2D eigenvalue weighted by atomic mass is 16.5. The molecule has 1 aromatic carbocycles. The van der Waals surface area contributed by atoms with Crippen molar-refractivity contribution in [1.82, 2.24) is 5.32 Å². The molecule has 0 spiro atoms. The van der Waals surface area contributed by atoms with Crippen LogP contribution >= 0.6 is 0 Å². The molecule has 0 unspecified atom stereocenters. The van der Waals surface area contributed by atoms with E-state index in [1.807, 2.05) is 30.3 Å². The third-order valence-electron chi connectivity index (χ3n) is 3.88. The molecule has 1 aliphatic carbocycles. The third kappa shape index (κ3) is 4.93. The third-order valence-corrected chi connectivity index (χ3v) is 3.88. The number of carbonyl (C=O) groups is 1. The molecule has 1 N–H and O–H groups in total. The first-order valence-electron chi connectivity index (χ1n) is 7.18. The molecule has 0 radical (unpaired) electrons. The second-order valence-electron chi connectivity index (χ2n) is 5.57. The minimum atomic E-state index is -0.303. The fraction of sp³-hybridized carbons (Fsp3) is 0.562. The van der Waals surface area contributed by atoms with Gasteiger partial charge >= 0.3 is 6.09 Å². The Balaban J connectivity index is 1.62. The van der Waals surface area contributed by atoms with Crippen molar-refractivity contribution < 1.29 is 9.53 Å². The first-order chi connectivity index (χ1) is 9.24. The first-order valence-corrected chi connectivity index (χ1v) is 7.18. The van der Waals surface area contributed by atoms with Crippen LogP contribution in [0.3, 0.4) is 0 Å². The number of rotatable bonds is 4. The van der Waals surface area contributed by atoms with Crippen molar-refractivity contribution in [2.45, 2.75) is 39.2 Å². The molecule has 1 aliphatic rings. The zero-order valence-electron chi connectivity index (χ0n) is 11.6. The molecule has 3 nitrogen and oxygen atoms in total. The minimum Gasteiger partial charge on any atom is -0.445 e. The molecule has 1 aromatic rings. The van der Waals surface area contributed by atoms with Crippen LogP contribution in [0.2, 0.25) is 0 Å². The van der Waals surface area contributed by atoms with Crippen molar-refractivity contribution >= 4 is 6.09 Å². The lowest BCUT2D eigenvalue weighted by molar-refractivity contribution is 0.136. The maximum absolute atomic E-state index is 11.6. The van der Waals surface area contributed by atoms with Crippen LogP contribution in [0.1, 0.15) is 38.2 Å². The molecule has 0 atom stereocenters. The summed E-state index contributed by atoms with van der Waals surface area (Å²) < 4.78 is 5.19. The molecular formula is C16H23NO2. The van der Waals surface area contributed by atoms with Crippen molar-refractivity contribution in [1.29, 1.82) is 0 Å². The Hall–Kier alpha value is -1.51. The van der Waals surface area contributed by atoms with Gasteiger partial charge in [0.2, 0.25) is 0 Å². The van der Waals surface area contributed by atoms with E-state index < -0.39 is 0 Å². The number of carbonyl (C=O) groups excluding carboxylic acids is 1. The van der Waals surface area contributed by atoms with Crippen molar-refractivity contribution in [3.8, 4) is 0 Å². The van der Waals surface area contributed by atoms with E-state index in [4.69, 9.17) is 4.74 Å². The Morgan fingerprint density at radius 3 is 2.58 bits per heavy atom. The highest BCUT2D eigenvalue weighted by molar-refractivity contribution is 5.67. The van der Waals surface area contributed by atoms with E-state index in [1.54, 1.807) is 0 Å². The monoisotopic (exact) mass is 261 g/mol. The number of benzene rings is 1. The van der Waals surface area contributed by atoms with Crippen LogP contribution in [0.25, 0.3) is 0 Å². The number of amides is 1. The van der Waals surface area contributed by atoms with Crippen molar-refractivity contribution in [3.05, 3.63) is 35.9 Å². The first kappa shape index (κ1) is 13.9. The number of hydrogen-bond donors (Lipinski definition) is 1. The van der Waals surface area contributed by atoms with Gasteiger partial charge in [-0.25, -0.2) is 4.79 Å². The fourth-order valence-corrected chi connectivity index (χ4v) is 2.54. The lowest BCUT2D eigenvalue weighted by Crippen LogP contribution is -2.31. The molecule has 0 aliphatic heterocycles. The van der Waals surface area contributed by atoms with Gasteiger partial charge in [-0.1, -0.05) is 50.1 Å². The zero-order valence-corrected chi connectivity index (χ0v) is 11.6. The molecule has 104 valence electrons. The van der Waals surface area contributed by atoms with E-state index in [9.17, 15) is 4.79 Å². The molecule has 1 fully saturated rings. The predicted molar refractivity (Wildman–Crippen MR) is 75.8 cm³/mol. The predicted octanol–water partition coefficient (Wildman–Crippen LogP) is 3.74. The zero-order chi connectivity index (χ0) is 13.5. The van der Waals surface area contributed by atoms with Gasteiger partial charge < -0.3 is 10.1 Å². The largest absolute Gasteiger partial charge is 0.445 e. The van der Waals surface area contributed by atoms with Crippen LogP contribution < -0.4 is 5.32 Å². The summed E-state index contributed by atoms with van der Waals surface area (Å²) in [7, 11) is 0. The molecule has 3 heteroatoms. The van der Waals surface area contributed by atoms with Gasteiger partial charge in [0, 0.05) is 6.54 Å². The normalized spacial score (nSPS) is 22.8. The summed E-state index contributed by atoms with van der Waals surface area (Å²) in [5.41, 5.74) is 1.02. The van der Waals surface area contributed by atoms with E-state index in [1.165, 1.54) is 25.7 Å². The van der Waals surface area contributed by atoms with Gasteiger partial charge in [-0.15, -0.1) is 0 Å². The lowest BCUT2D eigenvalue weighted by Gasteiger charge is -2.26. The molecular weight excluding hydrogens is 238 g/mol. The molecule has 1 saturated carbocycles. The Kier molecular flexibility index (Phi) is 5.25. The molecule has 0 saturated heterocycles. The van der Waals surface area contributed by atoms with Crippen LogP contribution in [0.4, 0.5) is 4.79 Å². The second kappa shape index (κ2) is 7.17. The summed E-state index contributed by atoms with van der Waals surface area (Å²) in [6.07, 6.45) is 4.71. The van der Waals surface area contributed by atoms with E-state index in [-0.39, 0.29) is 6.09 Å². The van der Waals surface area contributed by atoms with Crippen LogP contribution in [-0.2, 0) is 11.3 Å².